The highest BCUT2D eigenvalue weighted by atomic mass is 16.3. The average Bonchev–Trinajstić information content (AvgIpc) is 3.56. The summed E-state index contributed by atoms with van der Waals surface area (Å²) in [6.45, 7) is 10.2. The van der Waals surface area contributed by atoms with Crippen molar-refractivity contribution >= 4 is 16.8 Å². The van der Waals surface area contributed by atoms with Crippen LogP contribution >= 0.6 is 0 Å². The van der Waals surface area contributed by atoms with Crippen molar-refractivity contribution in [3.05, 3.63) is 94.6 Å². The predicted molar refractivity (Wildman–Crippen MR) is 138 cm³/mol. The molecular weight excluding hydrogens is 434 g/mol. The van der Waals surface area contributed by atoms with Crippen LogP contribution in [0.25, 0.3) is 10.9 Å². The topological polar surface area (TPSA) is 62.2 Å². The number of aryl methyl sites for hydroxylation is 1. The number of benzene rings is 2. The Labute approximate surface area is 206 Å². The Morgan fingerprint density at radius 3 is 2.63 bits per heavy atom. The van der Waals surface area contributed by atoms with Crippen LogP contribution in [0.2, 0.25) is 0 Å². The molecule has 0 spiro atoms. The Hall–Kier alpha value is -3.78. The number of hydrogen-bond donors (Lipinski definition) is 0. The molecule has 1 amide bonds. The first-order valence-electron chi connectivity index (χ1n) is 12.2. The normalized spacial score (nSPS) is 16.1. The Bertz CT molecular complexity index is 1440. The van der Waals surface area contributed by atoms with E-state index in [0.29, 0.717) is 30.0 Å². The molecule has 178 valence electrons. The smallest absolute Gasteiger partial charge is 0.257 e. The fourth-order valence-electron chi connectivity index (χ4n) is 5.12. The number of nitrogens with zero attached hydrogens (tertiary/aromatic N) is 3. The minimum atomic E-state index is -0.136. The Balaban J connectivity index is 1.42. The van der Waals surface area contributed by atoms with E-state index >= 15 is 0 Å². The summed E-state index contributed by atoms with van der Waals surface area (Å²) in [6.07, 6.45) is 3.15. The van der Waals surface area contributed by atoms with E-state index in [2.05, 4.69) is 61.9 Å². The van der Waals surface area contributed by atoms with Gasteiger partial charge >= 0.3 is 0 Å². The maximum atomic E-state index is 13.4. The molecule has 0 saturated carbocycles. The van der Waals surface area contributed by atoms with Crippen molar-refractivity contribution in [1.82, 2.24) is 9.47 Å². The molecular formula is C30H31N3O2. The van der Waals surface area contributed by atoms with Gasteiger partial charge < -0.3 is 13.9 Å². The van der Waals surface area contributed by atoms with E-state index in [1.165, 1.54) is 10.9 Å². The van der Waals surface area contributed by atoms with Crippen LogP contribution in [-0.2, 0) is 12.0 Å². The van der Waals surface area contributed by atoms with Crippen molar-refractivity contribution in [1.29, 1.82) is 5.26 Å². The summed E-state index contributed by atoms with van der Waals surface area (Å²) >= 11 is 0. The second kappa shape index (κ2) is 8.78. The second-order valence-corrected chi connectivity index (χ2v) is 10.6. The lowest BCUT2D eigenvalue weighted by atomic mass is 9.93. The number of carbonyl (C=O) groups is 1. The van der Waals surface area contributed by atoms with Gasteiger partial charge in [-0.25, -0.2) is 0 Å². The van der Waals surface area contributed by atoms with E-state index in [1.807, 2.05) is 42.2 Å². The summed E-state index contributed by atoms with van der Waals surface area (Å²) in [5.41, 5.74) is 4.67. The Morgan fingerprint density at radius 1 is 1.14 bits per heavy atom. The monoisotopic (exact) mass is 465 g/mol. The predicted octanol–water partition coefficient (Wildman–Crippen LogP) is 6.39. The number of para-hydroxylation sites is 1. The molecule has 5 nitrogen and oxygen atoms in total. The van der Waals surface area contributed by atoms with Gasteiger partial charge in [-0.1, -0.05) is 57.2 Å². The molecule has 1 aliphatic heterocycles. The van der Waals surface area contributed by atoms with Crippen LogP contribution in [0.3, 0.4) is 0 Å². The van der Waals surface area contributed by atoms with Crippen LogP contribution in [0, 0.1) is 18.3 Å². The second-order valence-electron chi connectivity index (χ2n) is 10.6. The molecule has 5 heteroatoms. The molecule has 1 saturated heterocycles. The first-order chi connectivity index (χ1) is 16.8. The molecule has 0 bridgehead atoms. The molecule has 1 aliphatic rings. The molecule has 1 unspecified atom stereocenters. The third-order valence-electron chi connectivity index (χ3n) is 7.10. The van der Waals surface area contributed by atoms with Crippen molar-refractivity contribution in [2.75, 3.05) is 13.1 Å². The van der Waals surface area contributed by atoms with Crippen LogP contribution in [0.4, 0.5) is 0 Å². The van der Waals surface area contributed by atoms with Crippen LogP contribution in [0.5, 0.6) is 0 Å². The number of carbonyl (C=O) groups excluding carboxylic acids is 1. The van der Waals surface area contributed by atoms with E-state index in [-0.39, 0.29) is 17.2 Å². The standard InChI is InChI=1S/C30H31N3O2/c1-20-25(15-28(35-20)30(2,3)4)29(34)32-14-13-23(18-32)26-19-33(27-12-8-7-11-24(26)27)17-22-10-6-5-9-21(22)16-31/h5-12,15,19,23H,13-14,17-18H2,1-4H3. The van der Waals surface area contributed by atoms with Crippen LogP contribution in [0.15, 0.2) is 65.2 Å². The zero-order valence-electron chi connectivity index (χ0n) is 20.8. The van der Waals surface area contributed by atoms with Crippen LogP contribution in [-0.4, -0.2) is 28.5 Å². The molecule has 2 aromatic carbocycles. The van der Waals surface area contributed by atoms with Gasteiger partial charge in [-0.2, -0.15) is 5.26 Å². The summed E-state index contributed by atoms with van der Waals surface area (Å²) in [5, 5.41) is 10.7. The van der Waals surface area contributed by atoms with Crippen molar-refractivity contribution in [2.45, 2.75) is 52.0 Å². The van der Waals surface area contributed by atoms with E-state index < -0.39 is 0 Å². The average molecular weight is 466 g/mol. The van der Waals surface area contributed by atoms with Gasteiger partial charge in [0.1, 0.15) is 11.5 Å². The molecule has 2 aromatic heterocycles. The maximum Gasteiger partial charge on any atom is 0.257 e. The maximum absolute atomic E-state index is 13.4. The number of aromatic nitrogens is 1. The lowest BCUT2D eigenvalue weighted by Gasteiger charge is -2.16. The number of amides is 1. The fourth-order valence-corrected chi connectivity index (χ4v) is 5.12. The number of nitriles is 1. The first-order valence-corrected chi connectivity index (χ1v) is 12.2. The number of furan rings is 1. The van der Waals surface area contributed by atoms with Gasteiger partial charge in [-0.05, 0) is 42.7 Å². The van der Waals surface area contributed by atoms with E-state index in [4.69, 9.17) is 4.42 Å². The lowest BCUT2D eigenvalue weighted by Crippen LogP contribution is -2.28. The lowest BCUT2D eigenvalue weighted by molar-refractivity contribution is 0.0789. The Morgan fingerprint density at radius 2 is 1.89 bits per heavy atom. The molecule has 0 N–H and O–H groups in total. The molecule has 0 radical (unpaired) electrons. The number of hydrogen-bond acceptors (Lipinski definition) is 3. The highest BCUT2D eigenvalue weighted by Gasteiger charge is 2.32. The van der Waals surface area contributed by atoms with Crippen LogP contribution < -0.4 is 0 Å². The van der Waals surface area contributed by atoms with Gasteiger partial charge in [0, 0.05) is 48.1 Å². The van der Waals surface area contributed by atoms with Crippen LogP contribution in [0.1, 0.15) is 71.7 Å². The van der Waals surface area contributed by atoms with E-state index in [1.54, 1.807) is 0 Å². The zero-order chi connectivity index (χ0) is 24.7. The molecule has 1 atom stereocenters. The van der Waals surface area contributed by atoms with E-state index in [0.717, 1.165) is 29.8 Å². The van der Waals surface area contributed by atoms with Gasteiger partial charge in [0.15, 0.2) is 0 Å². The quantitative estimate of drug-likeness (QED) is 0.351. The number of likely N-dealkylation sites (tertiary alicyclic amines) is 1. The third kappa shape index (κ3) is 4.25. The zero-order valence-corrected chi connectivity index (χ0v) is 20.8. The summed E-state index contributed by atoms with van der Waals surface area (Å²) in [4.78, 5) is 15.4. The van der Waals surface area contributed by atoms with Crippen molar-refractivity contribution in [3.8, 4) is 6.07 Å². The van der Waals surface area contributed by atoms with Gasteiger partial charge in [0.2, 0.25) is 0 Å². The molecule has 1 fully saturated rings. The van der Waals surface area contributed by atoms with Gasteiger partial charge in [-0.3, -0.25) is 4.79 Å². The molecule has 4 aromatic rings. The minimum absolute atomic E-state index is 0.0518. The summed E-state index contributed by atoms with van der Waals surface area (Å²) in [6, 6.07) is 20.4. The van der Waals surface area contributed by atoms with Gasteiger partial charge in [0.25, 0.3) is 5.91 Å². The largest absolute Gasteiger partial charge is 0.465 e. The highest BCUT2D eigenvalue weighted by molar-refractivity contribution is 5.95. The van der Waals surface area contributed by atoms with Crippen molar-refractivity contribution in [2.24, 2.45) is 0 Å². The molecule has 3 heterocycles. The third-order valence-corrected chi connectivity index (χ3v) is 7.10. The van der Waals surface area contributed by atoms with Crippen molar-refractivity contribution in [3.63, 3.8) is 0 Å². The first kappa shape index (κ1) is 23.0. The number of fused-ring (bicyclic) bond motifs is 1. The molecule has 5 rings (SSSR count). The van der Waals surface area contributed by atoms with Gasteiger partial charge in [-0.15, -0.1) is 0 Å². The highest BCUT2D eigenvalue weighted by Crippen LogP contribution is 2.36. The summed E-state index contributed by atoms with van der Waals surface area (Å²) in [7, 11) is 0. The molecule has 35 heavy (non-hydrogen) atoms. The van der Waals surface area contributed by atoms with E-state index in [9.17, 15) is 10.1 Å². The van der Waals surface area contributed by atoms with Crippen molar-refractivity contribution < 1.29 is 9.21 Å². The fraction of sp³-hybridized carbons (Fsp3) is 0.333. The molecule has 0 aliphatic carbocycles. The minimum Gasteiger partial charge on any atom is -0.465 e. The summed E-state index contributed by atoms with van der Waals surface area (Å²) < 4.78 is 8.17. The SMILES string of the molecule is Cc1oc(C(C)(C)C)cc1C(=O)N1CCC(c2cn(Cc3ccccc3C#N)c3ccccc23)C1. The Kier molecular flexibility index (Phi) is 5.76. The van der Waals surface area contributed by atoms with Gasteiger partial charge in [0.05, 0.1) is 17.2 Å². The number of rotatable bonds is 4. The summed E-state index contributed by atoms with van der Waals surface area (Å²) in [5.74, 6) is 1.85.